The fraction of sp³-hybridized carbons (Fsp3) is 0.105. The highest BCUT2D eigenvalue weighted by atomic mass is 16.4. The number of hydrogen-bond acceptors (Lipinski definition) is 4. The van der Waals surface area contributed by atoms with Crippen molar-refractivity contribution >= 4 is 33.6 Å². The van der Waals surface area contributed by atoms with Crippen LogP contribution in [-0.2, 0) is 0 Å². The summed E-state index contributed by atoms with van der Waals surface area (Å²) in [6, 6.07) is 12.8. The average molecular weight is 333 g/mol. The number of nitrogens with zero attached hydrogens (tertiary/aromatic N) is 1. The smallest absolute Gasteiger partial charge is 0.408 e. The lowest BCUT2D eigenvalue weighted by molar-refractivity contribution is 0.102. The van der Waals surface area contributed by atoms with Gasteiger partial charge in [0.2, 0.25) is 0 Å². The van der Waals surface area contributed by atoms with E-state index in [0.717, 1.165) is 16.5 Å². The van der Waals surface area contributed by atoms with Crippen LogP contribution in [0.2, 0.25) is 0 Å². The molecule has 25 heavy (non-hydrogen) atoms. The molecule has 4 aromatic rings. The molecule has 2 heterocycles. The number of benzene rings is 2. The number of oxazole rings is 1. The van der Waals surface area contributed by atoms with Crippen molar-refractivity contribution in [1.82, 2.24) is 9.97 Å². The second kappa shape index (κ2) is 5.59. The average Bonchev–Trinajstić information content (AvgIpc) is 2.93. The summed E-state index contributed by atoms with van der Waals surface area (Å²) in [5.41, 5.74) is 4.69. The number of amides is 1. The van der Waals surface area contributed by atoms with Crippen LogP contribution in [-0.4, -0.2) is 15.9 Å². The van der Waals surface area contributed by atoms with Crippen LogP contribution in [0.3, 0.4) is 0 Å². The number of carbonyl (C=O) groups excluding carboxylic acids is 1. The standard InChI is InChI=1S/C19H15N3O3/c1-10-3-5-15-12(7-10)8-14(11(2)20-15)18(23)21-13-4-6-17-16(9-13)22-19(24)25-17/h3-9H,1-2H3,(H,21,23)(H,22,24). The van der Waals surface area contributed by atoms with Crippen LogP contribution in [0, 0.1) is 13.8 Å². The number of aryl methyl sites for hydroxylation is 2. The molecular weight excluding hydrogens is 318 g/mol. The number of hydrogen-bond donors (Lipinski definition) is 2. The number of H-pyrrole nitrogens is 1. The molecule has 0 saturated heterocycles. The first kappa shape index (κ1) is 15.1. The summed E-state index contributed by atoms with van der Waals surface area (Å²) in [6.07, 6.45) is 0. The monoisotopic (exact) mass is 333 g/mol. The zero-order chi connectivity index (χ0) is 17.6. The van der Waals surface area contributed by atoms with E-state index in [1.807, 2.05) is 38.1 Å². The van der Waals surface area contributed by atoms with Gasteiger partial charge in [-0.2, -0.15) is 0 Å². The minimum absolute atomic E-state index is 0.251. The molecule has 124 valence electrons. The molecule has 0 aliphatic rings. The number of rotatable bonds is 2. The highest BCUT2D eigenvalue weighted by Crippen LogP contribution is 2.21. The quantitative estimate of drug-likeness (QED) is 0.587. The minimum Gasteiger partial charge on any atom is -0.408 e. The van der Waals surface area contributed by atoms with Gasteiger partial charge in [0, 0.05) is 11.1 Å². The van der Waals surface area contributed by atoms with E-state index >= 15 is 0 Å². The fourth-order valence-corrected chi connectivity index (χ4v) is 2.85. The van der Waals surface area contributed by atoms with E-state index in [4.69, 9.17) is 4.42 Å². The molecular formula is C19H15N3O3. The van der Waals surface area contributed by atoms with E-state index in [0.29, 0.717) is 28.0 Å². The molecule has 2 aromatic carbocycles. The van der Waals surface area contributed by atoms with Crippen molar-refractivity contribution in [2.75, 3.05) is 5.32 Å². The zero-order valence-electron chi connectivity index (χ0n) is 13.7. The summed E-state index contributed by atoms with van der Waals surface area (Å²) in [4.78, 5) is 31.0. The maximum atomic E-state index is 12.7. The van der Waals surface area contributed by atoms with Crippen molar-refractivity contribution in [3.8, 4) is 0 Å². The van der Waals surface area contributed by atoms with Crippen molar-refractivity contribution in [2.24, 2.45) is 0 Å². The second-order valence-corrected chi connectivity index (χ2v) is 6.00. The molecule has 0 spiro atoms. The Hall–Kier alpha value is -3.41. The highest BCUT2D eigenvalue weighted by molar-refractivity contribution is 6.07. The molecule has 2 aromatic heterocycles. The summed E-state index contributed by atoms with van der Waals surface area (Å²) in [5.74, 6) is -0.776. The van der Waals surface area contributed by atoms with Gasteiger partial charge in [-0.1, -0.05) is 11.6 Å². The third kappa shape index (κ3) is 2.78. The highest BCUT2D eigenvalue weighted by Gasteiger charge is 2.13. The number of aromatic amines is 1. The van der Waals surface area contributed by atoms with E-state index in [1.54, 1.807) is 18.2 Å². The van der Waals surface area contributed by atoms with E-state index in [9.17, 15) is 9.59 Å². The van der Waals surface area contributed by atoms with Crippen LogP contribution in [0.5, 0.6) is 0 Å². The van der Waals surface area contributed by atoms with E-state index in [2.05, 4.69) is 15.3 Å². The molecule has 0 radical (unpaired) electrons. The van der Waals surface area contributed by atoms with E-state index in [-0.39, 0.29) is 5.91 Å². The summed E-state index contributed by atoms with van der Waals surface area (Å²) in [5, 5.41) is 3.76. The van der Waals surface area contributed by atoms with Crippen LogP contribution >= 0.6 is 0 Å². The van der Waals surface area contributed by atoms with Gasteiger partial charge in [0.15, 0.2) is 5.58 Å². The molecule has 0 fully saturated rings. The van der Waals surface area contributed by atoms with Crippen LogP contribution in [0.1, 0.15) is 21.6 Å². The van der Waals surface area contributed by atoms with Crippen LogP contribution in [0.15, 0.2) is 51.7 Å². The largest absolute Gasteiger partial charge is 0.417 e. The van der Waals surface area contributed by atoms with Crippen molar-refractivity contribution in [3.05, 3.63) is 69.8 Å². The molecule has 0 saturated carbocycles. The molecule has 0 atom stereocenters. The SMILES string of the molecule is Cc1ccc2nc(C)c(C(=O)Nc3ccc4oc(=O)[nH]c4c3)cc2c1. The summed E-state index contributed by atoms with van der Waals surface area (Å²) in [6.45, 7) is 3.81. The maximum Gasteiger partial charge on any atom is 0.417 e. The Balaban J connectivity index is 1.70. The van der Waals surface area contributed by atoms with Gasteiger partial charge in [0.25, 0.3) is 5.91 Å². The summed E-state index contributed by atoms with van der Waals surface area (Å²) in [7, 11) is 0. The minimum atomic E-state index is -0.525. The number of carbonyl (C=O) groups is 1. The fourth-order valence-electron chi connectivity index (χ4n) is 2.85. The second-order valence-electron chi connectivity index (χ2n) is 6.00. The van der Waals surface area contributed by atoms with E-state index in [1.165, 1.54) is 0 Å². The predicted molar refractivity (Wildman–Crippen MR) is 96.0 cm³/mol. The lowest BCUT2D eigenvalue weighted by Crippen LogP contribution is -2.14. The Morgan fingerprint density at radius 1 is 1.12 bits per heavy atom. The third-order valence-electron chi connectivity index (χ3n) is 4.08. The van der Waals surface area contributed by atoms with Gasteiger partial charge in [0.1, 0.15) is 0 Å². The predicted octanol–water partition coefficient (Wildman–Crippen LogP) is 3.54. The molecule has 6 heteroatoms. The lowest BCUT2D eigenvalue weighted by Gasteiger charge is -2.09. The number of anilines is 1. The normalized spacial score (nSPS) is 11.1. The van der Waals surface area contributed by atoms with Gasteiger partial charge >= 0.3 is 5.76 Å². The molecule has 0 unspecified atom stereocenters. The Morgan fingerprint density at radius 2 is 1.96 bits per heavy atom. The van der Waals surface area contributed by atoms with Crippen LogP contribution < -0.4 is 11.1 Å². The number of pyridine rings is 1. The van der Waals surface area contributed by atoms with Crippen LogP contribution in [0.4, 0.5) is 5.69 Å². The zero-order valence-corrected chi connectivity index (χ0v) is 13.7. The molecule has 2 N–H and O–H groups in total. The van der Waals surface area contributed by atoms with Gasteiger partial charge in [-0.15, -0.1) is 0 Å². The number of fused-ring (bicyclic) bond motifs is 2. The van der Waals surface area contributed by atoms with Gasteiger partial charge in [-0.25, -0.2) is 4.79 Å². The Bertz CT molecular complexity index is 1190. The Morgan fingerprint density at radius 3 is 2.80 bits per heavy atom. The Labute approximate surface area is 142 Å². The first-order valence-electron chi connectivity index (χ1n) is 7.82. The van der Waals surface area contributed by atoms with Crippen LogP contribution in [0.25, 0.3) is 22.0 Å². The molecule has 0 bridgehead atoms. The van der Waals surface area contributed by atoms with Crippen molar-refractivity contribution in [1.29, 1.82) is 0 Å². The van der Waals surface area contributed by atoms with E-state index < -0.39 is 5.76 Å². The molecule has 0 aliphatic heterocycles. The van der Waals surface area contributed by atoms with Gasteiger partial charge in [0.05, 0.1) is 22.3 Å². The molecule has 1 amide bonds. The topological polar surface area (TPSA) is 88.0 Å². The lowest BCUT2D eigenvalue weighted by atomic mass is 10.1. The summed E-state index contributed by atoms with van der Waals surface area (Å²) < 4.78 is 4.96. The number of aromatic nitrogens is 2. The van der Waals surface area contributed by atoms with Gasteiger partial charge in [-0.05, 0) is 50.2 Å². The molecule has 6 nitrogen and oxygen atoms in total. The van der Waals surface area contributed by atoms with Gasteiger partial charge in [-0.3, -0.25) is 14.8 Å². The maximum absolute atomic E-state index is 12.7. The van der Waals surface area contributed by atoms with Gasteiger partial charge < -0.3 is 9.73 Å². The first-order chi connectivity index (χ1) is 12.0. The van der Waals surface area contributed by atoms with Crippen molar-refractivity contribution in [3.63, 3.8) is 0 Å². The summed E-state index contributed by atoms with van der Waals surface area (Å²) >= 11 is 0. The van der Waals surface area contributed by atoms with Crippen molar-refractivity contribution < 1.29 is 9.21 Å². The third-order valence-corrected chi connectivity index (χ3v) is 4.08. The first-order valence-corrected chi connectivity index (χ1v) is 7.82. The molecule has 0 aliphatic carbocycles. The molecule has 4 rings (SSSR count). The number of nitrogens with one attached hydrogen (secondary N) is 2. The Kier molecular flexibility index (Phi) is 3.39. The van der Waals surface area contributed by atoms with Crippen molar-refractivity contribution in [2.45, 2.75) is 13.8 Å².